The molecule has 0 N–H and O–H groups in total. The largest absolute Gasteiger partial charge is 0.148 e. The smallest absolute Gasteiger partial charge is 0.0280 e. The first kappa shape index (κ1) is 12.5. The van der Waals surface area contributed by atoms with Crippen LogP contribution in [0.5, 0.6) is 0 Å². The quantitative estimate of drug-likeness (QED) is 0.678. The highest BCUT2D eigenvalue weighted by Gasteiger charge is 2.18. The van der Waals surface area contributed by atoms with E-state index in [2.05, 4.69) is 70.2 Å². The molecule has 0 bridgehead atoms. The highest BCUT2D eigenvalue weighted by Crippen LogP contribution is 2.40. The van der Waals surface area contributed by atoms with Crippen molar-refractivity contribution in [3.8, 4) is 0 Å². The lowest BCUT2D eigenvalue weighted by Gasteiger charge is -2.24. The SMILES string of the molecule is C[C@H](SC(C)(C)C)c1cccc2ccccc12. The maximum Gasteiger partial charge on any atom is 0.0280 e. The lowest BCUT2D eigenvalue weighted by molar-refractivity contribution is 0.795. The molecule has 0 spiro atoms. The van der Waals surface area contributed by atoms with Gasteiger partial charge in [-0.05, 0) is 23.3 Å². The third kappa shape index (κ3) is 3.04. The molecule has 17 heavy (non-hydrogen) atoms. The topological polar surface area (TPSA) is 0 Å². The van der Waals surface area contributed by atoms with E-state index in [0.29, 0.717) is 10.00 Å². The van der Waals surface area contributed by atoms with Crippen LogP contribution in [0.15, 0.2) is 42.5 Å². The van der Waals surface area contributed by atoms with Gasteiger partial charge in [0.25, 0.3) is 0 Å². The summed E-state index contributed by atoms with van der Waals surface area (Å²) in [5.41, 5.74) is 1.45. The Morgan fingerprint density at radius 1 is 0.941 bits per heavy atom. The minimum Gasteiger partial charge on any atom is -0.148 e. The fraction of sp³-hybridized carbons (Fsp3) is 0.375. The van der Waals surface area contributed by atoms with Crippen LogP contribution in [0.3, 0.4) is 0 Å². The summed E-state index contributed by atoms with van der Waals surface area (Å²) in [6.45, 7) is 9.13. The molecular weight excluding hydrogens is 224 g/mol. The van der Waals surface area contributed by atoms with Crippen LogP contribution in [0.4, 0.5) is 0 Å². The fourth-order valence-corrected chi connectivity index (χ4v) is 3.59. The maximum atomic E-state index is 2.30. The third-order valence-corrected chi connectivity index (χ3v) is 4.11. The summed E-state index contributed by atoms with van der Waals surface area (Å²) in [5.74, 6) is 0. The molecule has 0 unspecified atom stereocenters. The van der Waals surface area contributed by atoms with Crippen LogP contribution in [-0.4, -0.2) is 4.75 Å². The number of fused-ring (bicyclic) bond motifs is 1. The van der Waals surface area contributed by atoms with Gasteiger partial charge in [-0.1, -0.05) is 63.2 Å². The lowest BCUT2D eigenvalue weighted by atomic mass is 10.0. The summed E-state index contributed by atoms with van der Waals surface area (Å²) in [4.78, 5) is 0. The summed E-state index contributed by atoms with van der Waals surface area (Å²) in [6.07, 6.45) is 0. The van der Waals surface area contributed by atoms with E-state index >= 15 is 0 Å². The average molecular weight is 244 g/mol. The van der Waals surface area contributed by atoms with Crippen molar-refractivity contribution < 1.29 is 0 Å². The Kier molecular flexibility index (Phi) is 3.48. The van der Waals surface area contributed by atoms with Crippen molar-refractivity contribution in [3.05, 3.63) is 48.0 Å². The summed E-state index contributed by atoms with van der Waals surface area (Å²) in [6, 6.07) is 15.3. The average Bonchev–Trinajstić information content (AvgIpc) is 2.26. The molecule has 0 saturated carbocycles. The molecule has 0 aliphatic heterocycles. The first-order valence-electron chi connectivity index (χ1n) is 6.13. The van der Waals surface area contributed by atoms with E-state index in [1.807, 2.05) is 11.8 Å². The van der Waals surface area contributed by atoms with Gasteiger partial charge in [0.2, 0.25) is 0 Å². The van der Waals surface area contributed by atoms with Crippen LogP contribution in [0, 0.1) is 0 Å². The second kappa shape index (κ2) is 4.73. The summed E-state index contributed by atoms with van der Waals surface area (Å²) >= 11 is 2.02. The van der Waals surface area contributed by atoms with Crippen molar-refractivity contribution >= 4 is 22.5 Å². The van der Waals surface area contributed by atoms with Crippen LogP contribution in [-0.2, 0) is 0 Å². The Balaban J connectivity index is 2.41. The summed E-state index contributed by atoms with van der Waals surface area (Å²) < 4.78 is 0.302. The Morgan fingerprint density at radius 3 is 2.29 bits per heavy atom. The van der Waals surface area contributed by atoms with Gasteiger partial charge in [0, 0.05) is 10.00 Å². The molecule has 0 aliphatic carbocycles. The number of benzene rings is 2. The monoisotopic (exact) mass is 244 g/mol. The molecule has 0 nitrogen and oxygen atoms in total. The third-order valence-electron chi connectivity index (χ3n) is 2.79. The molecule has 0 saturated heterocycles. The summed E-state index contributed by atoms with van der Waals surface area (Å²) in [5, 5.41) is 3.26. The molecule has 0 heterocycles. The van der Waals surface area contributed by atoms with Gasteiger partial charge >= 0.3 is 0 Å². The zero-order valence-electron chi connectivity index (χ0n) is 11.0. The van der Waals surface area contributed by atoms with E-state index in [9.17, 15) is 0 Å². The van der Waals surface area contributed by atoms with E-state index < -0.39 is 0 Å². The van der Waals surface area contributed by atoms with Crippen LogP contribution in [0.2, 0.25) is 0 Å². The van der Waals surface area contributed by atoms with Crippen molar-refractivity contribution in [1.29, 1.82) is 0 Å². The van der Waals surface area contributed by atoms with Gasteiger partial charge in [0.15, 0.2) is 0 Å². The van der Waals surface area contributed by atoms with Gasteiger partial charge in [0.05, 0.1) is 0 Å². The number of hydrogen-bond donors (Lipinski definition) is 0. The first-order chi connectivity index (χ1) is 7.97. The Labute approximate surface area is 108 Å². The zero-order valence-corrected chi connectivity index (χ0v) is 11.8. The predicted molar refractivity (Wildman–Crippen MR) is 79.7 cm³/mol. The molecule has 0 amide bonds. The minimum absolute atomic E-state index is 0.302. The normalized spacial score (nSPS) is 13.9. The molecule has 2 rings (SSSR count). The molecule has 0 aliphatic rings. The van der Waals surface area contributed by atoms with Crippen LogP contribution < -0.4 is 0 Å². The van der Waals surface area contributed by atoms with Gasteiger partial charge < -0.3 is 0 Å². The molecule has 2 aromatic rings. The predicted octanol–water partition coefficient (Wildman–Crippen LogP) is 5.43. The Morgan fingerprint density at radius 2 is 1.59 bits per heavy atom. The number of hydrogen-bond acceptors (Lipinski definition) is 1. The van der Waals surface area contributed by atoms with E-state index in [1.54, 1.807) is 0 Å². The Bertz CT molecular complexity index is 503. The van der Waals surface area contributed by atoms with E-state index in [1.165, 1.54) is 16.3 Å². The maximum absolute atomic E-state index is 2.30. The molecule has 0 aromatic heterocycles. The number of rotatable bonds is 2. The van der Waals surface area contributed by atoms with Gasteiger partial charge in [-0.25, -0.2) is 0 Å². The van der Waals surface area contributed by atoms with Crippen molar-refractivity contribution in [1.82, 2.24) is 0 Å². The highest BCUT2D eigenvalue weighted by atomic mass is 32.2. The van der Waals surface area contributed by atoms with Gasteiger partial charge in [-0.15, -0.1) is 11.8 Å². The van der Waals surface area contributed by atoms with Gasteiger partial charge in [-0.3, -0.25) is 0 Å². The molecule has 1 atom stereocenters. The standard InChI is InChI=1S/C16H20S/c1-12(17-16(2,3)4)14-11-7-9-13-8-5-6-10-15(13)14/h5-12H,1-4H3/t12-/m0/s1. The van der Waals surface area contributed by atoms with Crippen LogP contribution >= 0.6 is 11.8 Å². The van der Waals surface area contributed by atoms with E-state index in [-0.39, 0.29) is 0 Å². The van der Waals surface area contributed by atoms with Crippen LogP contribution in [0.25, 0.3) is 10.8 Å². The molecule has 0 radical (unpaired) electrons. The fourth-order valence-electron chi connectivity index (χ4n) is 2.20. The van der Waals surface area contributed by atoms with Crippen molar-refractivity contribution in [2.24, 2.45) is 0 Å². The van der Waals surface area contributed by atoms with Crippen molar-refractivity contribution in [3.63, 3.8) is 0 Å². The van der Waals surface area contributed by atoms with Gasteiger partial charge in [0.1, 0.15) is 0 Å². The zero-order chi connectivity index (χ0) is 12.5. The molecular formula is C16H20S. The lowest BCUT2D eigenvalue weighted by Crippen LogP contribution is -2.09. The highest BCUT2D eigenvalue weighted by molar-refractivity contribution is 8.00. The molecule has 90 valence electrons. The molecule has 2 aromatic carbocycles. The molecule has 0 fully saturated rings. The number of thioether (sulfide) groups is 1. The second-order valence-corrected chi connectivity index (χ2v) is 7.61. The van der Waals surface area contributed by atoms with Crippen LogP contribution in [0.1, 0.15) is 38.5 Å². The van der Waals surface area contributed by atoms with Crippen molar-refractivity contribution in [2.75, 3.05) is 0 Å². The van der Waals surface area contributed by atoms with Gasteiger partial charge in [-0.2, -0.15) is 0 Å². The molecule has 1 heteroatoms. The minimum atomic E-state index is 0.302. The second-order valence-electron chi connectivity index (χ2n) is 5.44. The summed E-state index contributed by atoms with van der Waals surface area (Å²) in [7, 11) is 0. The van der Waals surface area contributed by atoms with E-state index in [0.717, 1.165) is 0 Å². The first-order valence-corrected chi connectivity index (χ1v) is 7.01. The van der Waals surface area contributed by atoms with E-state index in [4.69, 9.17) is 0 Å². The van der Waals surface area contributed by atoms with Crippen molar-refractivity contribution in [2.45, 2.75) is 37.7 Å². The Hall–Kier alpha value is -0.950.